The van der Waals surface area contributed by atoms with Crippen LogP contribution in [0.3, 0.4) is 0 Å². The van der Waals surface area contributed by atoms with Crippen LogP contribution in [0, 0.1) is 5.92 Å². The number of hydrogen-bond donors (Lipinski definition) is 1. The van der Waals surface area contributed by atoms with Crippen LogP contribution in [-0.2, 0) is 14.8 Å². The Kier molecular flexibility index (Phi) is 4.33. The molecule has 0 bridgehead atoms. The summed E-state index contributed by atoms with van der Waals surface area (Å²) in [4.78, 5) is 17.6. The predicted molar refractivity (Wildman–Crippen MR) is 75.8 cm³/mol. The van der Waals surface area contributed by atoms with Crippen LogP contribution < -0.4 is 19.5 Å². The van der Waals surface area contributed by atoms with Crippen molar-refractivity contribution in [3.8, 4) is 11.8 Å². The monoisotopic (exact) mass is 315 g/mol. The van der Waals surface area contributed by atoms with E-state index in [0.717, 1.165) is 0 Å². The van der Waals surface area contributed by atoms with Crippen molar-refractivity contribution in [1.82, 2.24) is 4.98 Å². The van der Waals surface area contributed by atoms with Gasteiger partial charge in [-0.1, -0.05) is 0 Å². The Morgan fingerprint density at radius 2 is 2.10 bits per heavy atom. The topological polar surface area (TPSA) is 112 Å². The van der Waals surface area contributed by atoms with Gasteiger partial charge in [-0.05, 0) is 6.07 Å². The number of methoxy groups -OCH3 is 2. The molecule has 9 heteroatoms. The molecule has 0 radical (unpaired) electrons. The Morgan fingerprint density at radius 1 is 1.38 bits per heavy atom. The van der Waals surface area contributed by atoms with Crippen LogP contribution in [0.4, 0.5) is 5.69 Å². The van der Waals surface area contributed by atoms with Crippen molar-refractivity contribution < 1.29 is 22.7 Å². The average Bonchev–Trinajstić information content (AvgIpc) is 2.76. The van der Waals surface area contributed by atoms with E-state index in [1.165, 1.54) is 19.1 Å². The smallest absolute Gasteiger partial charge is 0.241 e. The minimum absolute atomic E-state index is 0.131. The van der Waals surface area contributed by atoms with E-state index in [2.05, 4.69) is 4.98 Å². The zero-order valence-corrected chi connectivity index (χ0v) is 12.6. The number of carbonyl (C=O) groups excluding carboxylic acids is 1. The minimum Gasteiger partial charge on any atom is -0.481 e. The van der Waals surface area contributed by atoms with E-state index in [1.54, 1.807) is 12.1 Å². The summed E-state index contributed by atoms with van der Waals surface area (Å²) < 4.78 is 32.4. The van der Waals surface area contributed by atoms with Gasteiger partial charge in [-0.3, -0.25) is 4.79 Å². The maximum absolute atomic E-state index is 12.1. The molecule has 1 aliphatic rings. The van der Waals surface area contributed by atoms with Crippen molar-refractivity contribution in [1.29, 1.82) is 0 Å². The molecule has 1 atom stereocenters. The van der Waals surface area contributed by atoms with Gasteiger partial charge in [-0.15, -0.1) is 0 Å². The van der Waals surface area contributed by atoms with Crippen LogP contribution in [-0.4, -0.2) is 45.8 Å². The van der Waals surface area contributed by atoms with Gasteiger partial charge in [-0.25, -0.2) is 13.6 Å². The second-order valence-electron chi connectivity index (χ2n) is 4.79. The zero-order chi connectivity index (χ0) is 15.6. The number of primary sulfonamides is 1. The second kappa shape index (κ2) is 5.86. The van der Waals surface area contributed by atoms with Crippen molar-refractivity contribution in [2.24, 2.45) is 11.1 Å². The number of ether oxygens (including phenoxy) is 2. The lowest BCUT2D eigenvalue weighted by molar-refractivity contribution is -0.117. The van der Waals surface area contributed by atoms with Crippen LogP contribution in [0.25, 0.3) is 0 Å². The maximum Gasteiger partial charge on any atom is 0.241 e. The highest BCUT2D eigenvalue weighted by molar-refractivity contribution is 7.89. The molecule has 1 saturated heterocycles. The Labute approximate surface area is 122 Å². The highest BCUT2D eigenvalue weighted by Crippen LogP contribution is 2.33. The molecular formula is C12H17N3O5S. The number of nitrogens with two attached hydrogens (primary N) is 1. The number of nitrogens with zero attached hydrogens (tertiary/aromatic N) is 2. The second-order valence-corrected chi connectivity index (χ2v) is 6.45. The first-order chi connectivity index (χ1) is 9.84. The number of hydrogen-bond acceptors (Lipinski definition) is 6. The standard InChI is InChI=1S/C12H17N3O5S/c1-19-10-4-3-9(12(14-10)20-2)15-6-8(5-11(15)16)7-21(13,17)18/h3-4,8H,5-7H2,1-2H3,(H2,13,17,18). The summed E-state index contributed by atoms with van der Waals surface area (Å²) in [6.07, 6.45) is 0.131. The van der Waals surface area contributed by atoms with Gasteiger partial charge in [0, 0.05) is 24.9 Å². The number of rotatable bonds is 5. The van der Waals surface area contributed by atoms with E-state index in [0.29, 0.717) is 11.6 Å². The Bertz CT molecular complexity index is 646. The molecule has 0 aromatic carbocycles. The van der Waals surface area contributed by atoms with Crippen molar-refractivity contribution >= 4 is 21.6 Å². The van der Waals surface area contributed by atoms with E-state index in [4.69, 9.17) is 14.6 Å². The largest absolute Gasteiger partial charge is 0.481 e. The highest BCUT2D eigenvalue weighted by Gasteiger charge is 2.34. The van der Waals surface area contributed by atoms with Crippen molar-refractivity contribution in [2.75, 3.05) is 31.4 Å². The maximum atomic E-state index is 12.1. The van der Waals surface area contributed by atoms with Crippen molar-refractivity contribution in [3.05, 3.63) is 12.1 Å². The third kappa shape index (κ3) is 3.61. The fourth-order valence-electron chi connectivity index (χ4n) is 2.34. The summed E-state index contributed by atoms with van der Waals surface area (Å²) in [7, 11) is -0.694. The molecule has 1 aromatic heterocycles. The lowest BCUT2D eigenvalue weighted by atomic mass is 10.1. The van der Waals surface area contributed by atoms with Crippen molar-refractivity contribution in [3.63, 3.8) is 0 Å². The number of anilines is 1. The molecule has 1 fully saturated rings. The first kappa shape index (κ1) is 15.5. The Morgan fingerprint density at radius 3 is 2.67 bits per heavy atom. The number of carbonyl (C=O) groups is 1. The number of pyridine rings is 1. The van der Waals surface area contributed by atoms with E-state index in [-0.39, 0.29) is 36.4 Å². The first-order valence-electron chi connectivity index (χ1n) is 6.24. The third-order valence-electron chi connectivity index (χ3n) is 3.18. The normalized spacial score (nSPS) is 18.9. The molecule has 2 heterocycles. The molecule has 2 rings (SSSR count). The van der Waals surface area contributed by atoms with Crippen LogP contribution >= 0.6 is 0 Å². The quantitative estimate of drug-likeness (QED) is 0.801. The Hall–Kier alpha value is -1.87. The SMILES string of the molecule is COc1ccc(N2CC(CS(N)(=O)=O)CC2=O)c(OC)n1. The van der Waals surface area contributed by atoms with E-state index in [9.17, 15) is 13.2 Å². The molecule has 0 spiro atoms. The van der Waals surface area contributed by atoms with E-state index in [1.807, 2.05) is 0 Å². The lowest BCUT2D eigenvalue weighted by Crippen LogP contribution is -2.28. The van der Waals surface area contributed by atoms with Gasteiger partial charge in [0.15, 0.2) is 0 Å². The zero-order valence-electron chi connectivity index (χ0n) is 11.8. The van der Waals surface area contributed by atoms with Gasteiger partial charge in [0.2, 0.25) is 27.7 Å². The summed E-state index contributed by atoms with van der Waals surface area (Å²) in [5.41, 5.74) is 0.486. The molecule has 2 N–H and O–H groups in total. The summed E-state index contributed by atoms with van der Waals surface area (Å²) in [5, 5.41) is 5.03. The van der Waals surface area contributed by atoms with E-state index >= 15 is 0 Å². The minimum atomic E-state index is -3.61. The highest BCUT2D eigenvalue weighted by atomic mass is 32.2. The summed E-state index contributed by atoms with van der Waals surface area (Å²) in [6.45, 7) is 0.264. The molecule has 116 valence electrons. The molecule has 8 nitrogen and oxygen atoms in total. The third-order valence-corrected chi connectivity index (χ3v) is 4.12. The lowest BCUT2D eigenvalue weighted by Gasteiger charge is -2.19. The fraction of sp³-hybridized carbons (Fsp3) is 0.500. The molecule has 1 amide bonds. The molecule has 21 heavy (non-hydrogen) atoms. The predicted octanol–water partition coefficient (Wildman–Crippen LogP) is -0.260. The van der Waals surface area contributed by atoms with Crippen LogP contribution in [0.5, 0.6) is 11.8 Å². The van der Waals surface area contributed by atoms with Crippen molar-refractivity contribution in [2.45, 2.75) is 6.42 Å². The average molecular weight is 315 g/mol. The van der Waals surface area contributed by atoms with Gasteiger partial charge in [0.05, 0.1) is 20.0 Å². The van der Waals surface area contributed by atoms with Crippen LogP contribution in [0.15, 0.2) is 12.1 Å². The van der Waals surface area contributed by atoms with Gasteiger partial charge < -0.3 is 14.4 Å². The summed E-state index contributed by atoms with van der Waals surface area (Å²) in [5.74, 6) is -0.128. The molecule has 0 aliphatic carbocycles. The van der Waals surface area contributed by atoms with E-state index < -0.39 is 10.0 Å². The molecule has 0 saturated carbocycles. The van der Waals surface area contributed by atoms with Gasteiger partial charge in [0.25, 0.3) is 0 Å². The number of aromatic nitrogens is 1. The Balaban J connectivity index is 2.24. The molecule has 1 aromatic rings. The summed E-state index contributed by atoms with van der Waals surface area (Å²) in [6, 6.07) is 3.26. The number of sulfonamides is 1. The molecule has 1 aliphatic heterocycles. The number of amides is 1. The fourth-order valence-corrected chi connectivity index (χ4v) is 3.22. The van der Waals surface area contributed by atoms with Crippen LogP contribution in [0.2, 0.25) is 0 Å². The van der Waals surface area contributed by atoms with Gasteiger partial charge >= 0.3 is 0 Å². The van der Waals surface area contributed by atoms with Crippen LogP contribution in [0.1, 0.15) is 6.42 Å². The van der Waals surface area contributed by atoms with Gasteiger partial charge in [-0.2, -0.15) is 4.98 Å². The molecule has 1 unspecified atom stereocenters. The first-order valence-corrected chi connectivity index (χ1v) is 7.95. The molecular weight excluding hydrogens is 298 g/mol. The summed E-state index contributed by atoms with van der Waals surface area (Å²) >= 11 is 0. The van der Waals surface area contributed by atoms with Gasteiger partial charge in [0.1, 0.15) is 5.69 Å².